The Bertz CT molecular complexity index is 792. The summed E-state index contributed by atoms with van der Waals surface area (Å²) >= 11 is 0. The van der Waals surface area contributed by atoms with Crippen LogP contribution in [0.1, 0.15) is 40.5 Å². The van der Waals surface area contributed by atoms with Crippen molar-refractivity contribution in [2.45, 2.75) is 25.8 Å². The molecule has 1 heterocycles. The molecule has 26 heavy (non-hydrogen) atoms. The second kappa shape index (κ2) is 8.05. The number of amides is 1. The van der Waals surface area contributed by atoms with E-state index in [1.165, 1.54) is 18.2 Å². The fraction of sp³-hybridized carbons (Fsp3) is 0.529. The van der Waals surface area contributed by atoms with Gasteiger partial charge in [0.25, 0.3) is 5.91 Å². The number of benzene rings is 1. The predicted molar refractivity (Wildman–Crippen MR) is 97.2 cm³/mol. The largest absolute Gasteiger partial charge is 0.478 e. The number of aromatic carboxylic acids is 1. The van der Waals surface area contributed by atoms with Gasteiger partial charge in [0.2, 0.25) is 10.0 Å². The van der Waals surface area contributed by atoms with Gasteiger partial charge in [0.15, 0.2) is 0 Å². The number of nitrogens with zero attached hydrogens (tertiary/aromatic N) is 2. The summed E-state index contributed by atoms with van der Waals surface area (Å²) in [5.74, 6) is -1.54. The van der Waals surface area contributed by atoms with Crippen LogP contribution in [0.2, 0.25) is 0 Å². The van der Waals surface area contributed by atoms with Crippen LogP contribution in [-0.2, 0) is 14.8 Å². The molecule has 1 aromatic carbocycles. The maximum absolute atomic E-state index is 12.9. The molecule has 0 aliphatic carbocycles. The number of rotatable bonds is 7. The highest BCUT2D eigenvalue weighted by atomic mass is 32.2. The molecular formula is C17H24N2O6S. The van der Waals surface area contributed by atoms with Crippen LogP contribution in [0, 0.1) is 0 Å². The van der Waals surface area contributed by atoms with Crippen LogP contribution in [0.15, 0.2) is 18.2 Å². The van der Waals surface area contributed by atoms with Crippen LogP contribution in [-0.4, -0.2) is 69.4 Å². The van der Waals surface area contributed by atoms with Gasteiger partial charge in [-0.3, -0.25) is 9.10 Å². The molecule has 1 N–H and O–H groups in total. The summed E-state index contributed by atoms with van der Waals surface area (Å²) in [7, 11) is -2.03. The van der Waals surface area contributed by atoms with Crippen molar-refractivity contribution in [2.75, 3.05) is 37.4 Å². The van der Waals surface area contributed by atoms with E-state index >= 15 is 0 Å². The highest BCUT2D eigenvalue weighted by Gasteiger charge is 2.30. The number of likely N-dealkylation sites (tertiary alicyclic amines) is 1. The van der Waals surface area contributed by atoms with E-state index in [0.717, 1.165) is 23.4 Å². The van der Waals surface area contributed by atoms with E-state index in [1.54, 1.807) is 18.9 Å². The average molecular weight is 384 g/mol. The zero-order valence-electron chi connectivity index (χ0n) is 15.1. The minimum Gasteiger partial charge on any atom is -0.478 e. The number of carboxylic acid groups (broad SMARTS) is 1. The van der Waals surface area contributed by atoms with Crippen LogP contribution in [0.25, 0.3) is 0 Å². The number of methoxy groups -OCH3 is 1. The SMILES string of the molecule is CCN(c1cc(C(=O)O)cc(C(=O)N2CCC[C@@H]2COC)c1)S(C)(=O)=O. The Hall–Kier alpha value is -2.13. The molecule has 1 aliphatic rings. The third-order valence-corrected chi connectivity index (χ3v) is 5.65. The van der Waals surface area contributed by atoms with E-state index < -0.39 is 16.0 Å². The van der Waals surface area contributed by atoms with E-state index in [2.05, 4.69) is 0 Å². The molecule has 0 spiro atoms. The van der Waals surface area contributed by atoms with Crippen molar-refractivity contribution in [3.63, 3.8) is 0 Å². The topological polar surface area (TPSA) is 104 Å². The molecule has 0 unspecified atom stereocenters. The lowest BCUT2D eigenvalue weighted by Gasteiger charge is -2.26. The number of carbonyl (C=O) groups excluding carboxylic acids is 1. The Balaban J connectivity index is 2.48. The number of sulfonamides is 1. The molecule has 9 heteroatoms. The van der Waals surface area contributed by atoms with Crippen molar-refractivity contribution < 1.29 is 27.9 Å². The van der Waals surface area contributed by atoms with E-state index in [0.29, 0.717) is 13.2 Å². The highest BCUT2D eigenvalue weighted by Crippen LogP contribution is 2.26. The molecule has 8 nitrogen and oxygen atoms in total. The predicted octanol–water partition coefficient (Wildman–Crippen LogP) is 1.42. The monoisotopic (exact) mass is 384 g/mol. The van der Waals surface area contributed by atoms with Gasteiger partial charge >= 0.3 is 5.97 Å². The second-order valence-corrected chi connectivity index (χ2v) is 8.16. The van der Waals surface area contributed by atoms with Crippen molar-refractivity contribution in [3.8, 4) is 0 Å². The van der Waals surface area contributed by atoms with Crippen LogP contribution in [0.4, 0.5) is 5.69 Å². The van der Waals surface area contributed by atoms with Gasteiger partial charge in [0.1, 0.15) is 0 Å². The summed E-state index contributed by atoms with van der Waals surface area (Å²) in [5.41, 5.74) is 0.196. The first-order valence-electron chi connectivity index (χ1n) is 8.35. The summed E-state index contributed by atoms with van der Waals surface area (Å²) < 4.78 is 30.2. The molecule has 1 fully saturated rings. The van der Waals surface area contributed by atoms with Crippen LogP contribution in [0.3, 0.4) is 0 Å². The fourth-order valence-electron chi connectivity index (χ4n) is 3.25. The molecule has 0 bridgehead atoms. The normalized spacial score (nSPS) is 17.3. The van der Waals surface area contributed by atoms with Crippen LogP contribution in [0.5, 0.6) is 0 Å². The van der Waals surface area contributed by atoms with Gasteiger partial charge in [-0.05, 0) is 38.0 Å². The molecule has 1 aliphatic heterocycles. The maximum Gasteiger partial charge on any atom is 0.335 e. The molecule has 2 rings (SSSR count). The Morgan fingerprint density at radius 3 is 2.50 bits per heavy atom. The molecule has 144 valence electrons. The molecule has 0 aromatic heterocycles. The number of carboxylic acids is 1. The first kappa shape index (κ1) is 20.2. The highest BCUT2D eigenvalue weighted by molar-refractivity contribution is 7.92. The van der Waals surface area contributed by atoms with E-state index in [9.17, 15) is 23.1 Å². The average Bonchev–Trinajstić information content (AvgIpc) is 3.01. The molecule has 1 atom stereocenters. The van der Waals surface area contributed by atoms with Crippen LogP contribution >= 0.6 is 0 Å². The van der Waals surface area contributed by atoms with E-state index in [-0.39, 0.29) is 35.3 Å². The van der Waals surface area contributed by atoms with E-state index in [1.807, 2.05) is 0 Å². The van der Waals surface area contributed by atoms with Gasteiger partial charge in [-0.1, -0.05) is 0 Å². The molecule has 0 radical (unpaired) electrons. The molecule has 1 saturated heterocycles. The quantitative estimate of drug-likeness (QED) is 0.762. The van der Waals surface area contributed by atoms with Crippen molar-refractivity contribution in [1.82, 2.24) is 4.90 Å². The van der Waals surface area contributed by atoms with Crippen molar-refractivity contribution >= 4 is 27.6 Å². The Kier molecular flexibility index (Phi) is 6.25. The minimum absolute atomic E-state index is 0.0679. The number of hydrogen-bond donors (Lipinski definition) is 1. The van der Waals surface area contributed by atoms with Crippen molar-refractivity contribution in [3.05, 3.63) is 29.3 Å². The zero-order chi connectivity index (χ0) is 19.5. The maximum atomic E-state index is 12.9. The number of hydrogen-bond acceptors (Lipinski definition) is 5. The Morgan fingerprint density at radius 1 is 1.31 bits per heavy atom. The van der Waals surface area contributed by atoms with Crippen LogP contribution < -0.4 is 4.31 Å². The Labute approximate surface area is 153 Å². The lowest BCUT2D eigenvalue weighted by Crippen LogP contribution is -2.38. The van der Waals surface area contributed by atoms with Gasteiger partial charge in [-0.15, -0.1) is 0 Å². The summed E-state index contributed by atoms with van der Waals surface area (Å²) in [6, 6.07) is 3.91. The summed E-state index contributed by atoms with van der Waals surface area (Å²) in [6.07, 6.45) is 2.70. The molecule has 0 saturated carbocycles. The third kappa shape index (κ3) is 4.34. The van der Waals surface area contributed by atoms with Gasteiger partial charge in [-0.25, -0.2) is 13.2 Å². The summed E-state index contributed by atoms with van der Waals surface area (Å²) in [5, 5.41) is 9.36. The van der Waals surface area contributed by atoms with Crippen molar-refractivity contribution in [2.24, 2.45) is 0 Å². The van der Waals surface area contributed by atoms with E-state index in [4.69, 9.17) is 4.74 Å². The fourth-order valence-corrected chi connectivity index (χ4v) is 4.20. The van der Waals surface area contributed by atoms with Gasteiger partial charge in [-0.2, -0.15) is 0 Å². The summed E-state index contributed by atoms with van der Waals surface area (Å²) in [4.78, 5) is 26.1. The number of ether oxygens (including phenoxy) is 1. The number of carbonyl (C=O) groups is 2. The first-order valence-corrected chi connectivity index (χ1v) is 10.2. The zero-order valence-corrected chi connectivity index (χ0v) is 16.0. The molecule has 1 amide bonds. The Morgan fingerprint density at radius 2 is 1.96 bits per heavy atom. The first-order chi connectivity index (χ1) is 12.2. The lowest BCUT2D eigenvalue weighted by molar-refractivity contribution is 0.0630. The van der Waals surface area contributed by atoms with Crippen molar-refractivity contribution in [1.29, 1.82) is 0 Å². The molecular weight excluding hydrogens is 360 g/mol. The summed E-state index contributed by atoms with van der Waals surface area (Å²) in [6.45, 7) is 2.74. The lowest BCUT2D eigenvalue weighted by atomic mass is 10.1. The van der Waals surface area contributed by atoms with Gasteiger partial charge < -0.3 is 14.7 Å². The molecule has 1 aromatic rings. The van der Waals surface area contributed by atoms with Gasteiger partial charge in [0.05, 0.1) is 30.2 Å². The number of anilines is 1. The minimum atomic E-state index is -3.60. The second-order valence-electron chi connectivity index (χ2n) is 6.25. The standard InChI is InChI=1S/C17H24N2O6S/c1-4-19(26(3,23)24)15-9-12(8-13(10-15)17(21)22)16(20)18-7-5-6-14(18)11-25-2/h8-10,14H,4-7,11H2,1-3H3,(H,21,22)/t14-/m1/s1. The third-order valence-electron chi connectivity index (χ3n) is 4.38. The van der Waals surface area contributed by atoms with Gasteiger partial charge in [0, 0.05) is 25.8 Å². The smallest absolute Gasteiger partial charge is 0.335 e.